The lowest BCUT2D eigenvalue weighted by molar-refractivity contribution is 0.0994. The second-order valence-corrected chi connectivity index (χ2v) is 3.83. The Balaban J connectivity index is 2.44. The van der Waals surface area contributed by atoms with Crippen molar-refractivity contribution in [3.63, 3.8) is 0 Å². The summed E-state index contributed by atoms with van der Waals surface area (Å²) in [6.45, 7) is 0. The largest absolute Gasteiger partial charge is 0.419 e. The molecule has 1 aromatic heterocycles. The number of carbonyl (C=O) groups excluding carboxylic acids is 1. The third kappa shape index (κ3) is 1.02. The van der Waals surface area contributed by atoms with Crippen LogP contribution in [0.1, 0.15) is 22.3 Å². The van der Waals surface area contributed by atoms with E-state index in [2.05, 4.69) is 0 Å². The molecule has 0 saturated heterocycles. The van der Waals surface area contributed by atoms with Crippen LogP contribution in [0.4, 0.5) is 0 Å². The van der Waals surface area contributed by atoms with E-state index < -0.39 is 0 Å². The fourth-order valence-electron chi connectivity index (χ4n) is 2.07. The predicted octanol–water partition coefficient (Wildman–Crippen LogP) is 1.26. The maximum Gasteiger partial charge on any atom is 0.419 e. The zero-order valence-electron chi connectivity index (χ0n) is 8.24. The lowest BCUT2D eigenvalue weighted by Gasteiger charge is -1.97. The minimum absolute atomic E-state index is 0.137. The van der Waals surface area contributed by atoms with Gasteiger partial charge in [0.1, 0.15) is 0 Å². The summed E-state index contributed by atoms with van der Waals surface area (Å²) in [5.41, 5.74) is 2.98. The van der Waals surface area contributed by atoms with E-state index in [-0.39, 0.29) is 11.5 Å². The first-order valence-corrected chi connectivity index (χ1v) is 4.82. The zero-order valence-corrected chi connectivity index (χ0v) is 8.24. The molecule has 1 heterocycles. The smallest absolute Gasteiger partial charge is 0.408 e. The van der Waals surface area contributed by atoms with Crippen molar-refractivity contribution in [3.05, 3.63) is 33.8 Å². The van der Waals surface area contributed by atoms with Gasteiger partial charge < -0.3 is 4.42 Å². The Morgan fingerprint density at radius 1 is 1.27 bits per heavy atom. The molecule has 15 heavy (non-hydrogen) atoms. The first-order valence-electron chi connectivity index (χ1n) is 4.82. The van der Waals surface area contributed by atoms with Crippen LogP contribution in [0, 0.1) is 0 Å². The highest BCUT2D eigenvalue weighted by Gasteiger charge is 2.21. The van der Waals surface area contributed by atoms with Crippen LogP contribution in [0.25, 0.3) is 11.1 Å². The van der Waals surface area contributed by atoms with Crippen LogP contribution in [0.2, 0.25) is 0 Å². The van der Waals surface area contributed by atoms with Gasteiger partial charge in [0.15, 0.2) is 11.4 Å². The standard InChI is InChI=1S/C11H9NO3/c1-12-8-4-6-2-3-9(13)7(6)5-10(8)15-11(12)14/h4-5H,2-3H2,1H3. The summed E-state index contributed by atoms with van der Waals surface area (Å²) >= 11 is 0. The lowest BCUT2D eigenvalue weighted by Crippen LogP contribution is -2.08. The molecule has 3 rings (SSSR count). The van der Waals surface area contributed by atoms with Gasteiger partial charge in [-0.1, -0.05) is 0 Å². The van der Waals surface area contributed by atoms with Gasteiger partial charge in [-0.05, 0) is 24.1 Å². The fraction of sp³-hybridized carbons (Fsp3) is 0.273. The Morgan fingerprint density at radius 2 is 2.07 bits per heavy atom. The van der Waals surface area contributed by atoms with Crippen molar-refractivity contribution >= 4 is 16.9 Å². The van der Waals surface area contributed by atoms with Crippen molar-refractivity contribution in [1.29, 1.82) is 0 Å². The number of Topliss-reactive ketones (excluding diaryl/α,β-unsaturated/α-hetero) is 1. The van der Waals surface area contributed by atoms with Gasteiger partial charge in [0.05, 0.1) is 5.52 Å². The number of carbonyl (C=O) groups is 1. The molecule has 0 N–H and O–H groups in total. The number of rotatable bonds is 0. The van der Waals surface area contributed by atoms with Crippen molar-refractivity contribution in [2.75, 3.05) is 0 Å². The van der Waals surface area contributed by atoms with E-state index >= 15 is 0 Å². The van der Waals surface area contributed by atoms with Gasteiger partial charge in [0, 0.05) is 19.0 Å². The third-order valence-corrected chi connectivity index (χ3v) is 2.94. The molecule has 0 unspecified atom stereocenters. The van der Waals surface area contributed by atoms with Crippen molar-refractivity contribution in [3.8, 4) is 0 Å². The fourth-order valence-corrected chi connectivity index (χ4v) is 2.07. The molecule has 0 spiro atoms. The molecule has 0 radical (unpaired) electrons. The maximum atomic E-state index is 11.5. The number of nitrogens with zero attached hydrogens (tertiary/aromatic N) is 1. The number of ketones is 1. The SMILES string of the molecule is Cn1c(=O)oc2cc3c(cc21)CCC3=O. The molecule has 4 nitrogen and oxygen atoms in total. The summed E-state index contributed by atoms with van der Waals surface area (Å²) in [5, 5.41) is 0. The van der Waals surface area contributed by atoms with Gasteiger partial charge in [-0.15, -0.1) is 0 Å². The Hall–Kier alpha value is -1.84. The minimum atomic E-state index is -0.388. The second kappa shape index (κ2) is 2.59. The third-order valence-electron chi connectivity index (χ3n) is 2.94. The van der Waals surface area contributed by atoms with Crippen molar-refractivity contribution in [2.24, 2.45) is 7.05 Å². The summed E-state index contributed by atoms with van der Waals surface area (Å²) < 4.78 is 6.48. The van der Waals surface area contributed by atoms with Crippen molar-refractivity contribution in [2.45, 2.75) is 12.8 Å². The highest BCUT2D eigenvalue weighted by atomic mass is 16.4. The molecule has 4 heteroatoms. The summed E-state index contributed by atoms with van der Waals surface area (Å²) in [7, 11) is 1.66. The molecule has 0 fully saturated rings. The molecule has 0 aliphatic heterocycles. The van der Waals surface area contributed by atoms with Gasteiger partial charge in [0.2, 0.25) is 0 Å². The minimum Gasteiger partial charge on any atom is -0.408 e. The molecule has 0 bridgehead atoms. The number of oxazole rings is 1. The number of aryl methyl sites for hydroxylation is 2. The zero-order chi connectivity index (χ0) is 10.6. The monoisotopic (exact) mass is 203 g/mol. The van der Waals surface area contributed by atoms with Gasteiger partial charge in [-0.25, -0.2) is 4.79 Å². The van der Waals surface area contributed by atoms with Crippen LogP contribution >= 0.6 is 0 Å². The number of hydrogen-bond acceptors (Lipinski definition) is 3. The van der Waals surface area contributed by atoms with Crippen molar-refractivity contribution in [1.82, 2.24) is 4.57 Å². The highest BCUT2D eigenvalue weighted by Crippen LogP contribution is 2.26. The summed E-state index contributed by atoms with van der Waals surface area (Å²) in [5.74, 6) is -0.250. The molecule has 1 aliphatic carbocycles. The van der Waals surface area contributed by atoms with Gasteiger partial charge in [-0.3, -0.25) is 9.36 Å². The van der Waals surface area contributed by atoms with Gasteiger partial charge in [-0.2, -0.15) is 0 Å². The Labute approximate surface area is 85.1 Å². The highest BCUT2D eigenvalue weighted by molar-refractivity contribution is 6.03. The molecule has 1 aliphatic rings. The van der Waals surface area contributed by atoms with E-state index in [1.807, 2.05) is 6.07 Å². The van der Waals surface area contributed by atoms with Crippen LogP contribution < -0.4 is 5.76 Å². The Bertz CT molecular complexity index is 633. The lowest BCUT2D eigenvalue weighted by atomic mass is 10.1. The molecule has 1 aromatic carbocycles. The van der Waals surface area contributed by atoms with Crippen LogP contribution in [-0.2, 0) is 13.5 Å². The first-order chi connectivity index (χ1) is 7.16. The molecule has 2 aromatic rings. The summed E-state index contributed by atoms with van der Waals surface area (Å²) in [6, 6.07) is 3.56. The second-order valence-electron chi connectivity index (χ2n) is 3.83. The van der Waals surface area contributed by atoms with E-state index in [1.54, 1.807) is 13.1 Å². The first kappa shape index (κ1) is 8.47. The van der Waals surface area contributed by atoms with E-state index in [1.165, 1.54) is 4.57 Å². The van der Waals surface area contributed by atoms with Crippen LogP contribution in [-0.4, -0.2) is 10.4 Å². The average molecular weight is 203 g/mol. The normalized spacial score (nSPS) is 14.9. The van der Waals surface area contributed by atoms with E-state index in [4.69, 9.17) is 4.42 Å². The molecular formula is C11H9NO3. The van der Waals surface area contributed by atoms with Gasteiger partial charge in [0.25, 0.3) is 0 Å². The predicted molar refractivity (Wildman–Crippen MR) is 54.1 cm³/mol. The number of hydrogen-bond donors (Lipinski definition) is 0. The number of fused-ring (bicyclic) bond motifs is 2. The van der Waals surface area contributed by atoms with Gasteiger partial charge >= 0.3 is 5.76 Å². The summed E-state index contributed by atoms with van der Waals surface area (Å²) in [4.78, 5) is 22.7. The van der Waals surface area contributed by atoms with E-state index in [0.29, 0.717) is 17.6 Å². The van der Waals surface area contributed by atoms with Crippen molar-refractivity contribution < 1.29 is 9.21 Å². The average Bonchev–Trinajstić information content (AvgIpc) is 2.70. The molecule has 76 valence electrons. The number of benzene rings is 1. The molecule has 0 saturated carbocycles. The van der Waals surface area contributed by atoms with Crippen LogP contribution in [0.3, 0.4) is 0 Å². The Morgan fingerprint density at radius 3 is 2.87 bits per heavy atom. The quantitative estimate of drug-likeness (QED) is 0.647. The maximum absolute atomic E-state index is 11.5. The summed E-state index contributed by atoms with van der Waals surface area (Å²) in [6.07, 6.45) is 1.33. The molecule has 0 atom stereocenters. The molecular weight excluding hydrogens is 194 g/mol. The van der Waals surface area contributed by atoms with E-state index in [9.17, 15) is 9.59 Å². The number of aromatic nitrogens is 1. The topological polar surface area (TPSA) is 52.2 Å². The van der Waals surface area contributed by atoms with Crippen LogP contribution in [0.5, 0.6) is 0 Å². The van der Waals surface area contributed by atoms with Crippen LogP contribution in [0.15, 0.2) is 21.3 Å². The molecule has 0 amide bonds. The Kier molecular flexibility index (Phi) is 1.46. The van der Waals surface area contributed by atoms with E-state index in [0.717, 1.165) is 17.5 Å².